The second kappa shape index (κ2) is 7.98. The van der Waals surface area contributed by atoms with Crippen molar-refractivity contribution >= 4 is 11.6 Å². The van der Waals surface area contributed by atoms with E-state index in [1.807, 2.05) is 6.07 Å². The number of benzene rings is 1. The minimum atomic E-state index is -0.146. The first-order valence-electron chi connectivity index (χ1n) is 12.3. The van der Waals surface area contributed by atoms with Crippen molar-refractivity contribution in [1.29, 1.82) is 0 Å². The number of anilines is 1. The molecule has 4 aliphatic rings. The molecule has 0 aromatic heterocycles. The van der Waals surface area contributed by atoms with Crippen molar-refractivity contribution in [2.24, 2.45) is 22.7 Å². The molecule has 32 heavy (non-hydrogen) atoms. The molecule has 2 N–H and O–H groups in total. The topological polar surface area (TPSA) is 61.8 Å². The first-order valence-corrected chi connectivity index (χ1v) is 12.3. The van der Waals surface area contributed by atoms with Gasteiger partial charge in [0, 0.05) is 32.2 Å². The lowest BCUT2D eigenvalue weighted by Crippen LogP contribution is -2.59. The molecule has 2 saturated carbocycles. The van der Waals surface area contributed by atoms with Crippen LogP contribution in [0.2, 0.25) is 0 Å². The predicted octanol–water partition coefficient (Wildman–Crippen LogP) is 4.12. The van der Waals surface area contributed by atoms with Gasteiger partial charge in [-0.3, -0.25) is 4.79 Å². The summed E-state index contributed by atoms with van der Waals surface area (Å²) < 4.78 is 21.6. The van der Waals surface area contributed by atoms with E-state index in [4.69, 9.17) is 4.74 Å². The molecular formula is C26H37FN2O3. The maximum absolute atomic E-state index is 15.2. The van der Waals surface area contributed by atoms with Gasteiger partial charge < -0.3 is 20.1 Å². The number of hydrogen-bond donors (Lipinski definition) is 2. The van der Waals surface area contributed by atoms with Gasteiger partial charge in [-0.25, -0.2) is 4.39 Å². The van der Waals surface area contributed by atoms with Gasteiger partial charge in [0.1, 0.15) is 5.82 Å². The Morgan fingerprint density at radius 3 is 2.78 bits per heavy atom. The van der Waals surface area contributed by atoms with E-state index in [9.17, 15) is 9.90 Å². The number of halogens is 1. The molecular weight excluding hydrogens is 407 g/mol. The number of carbonyl (C=O) groups excluding carboxylic acids is 1. The lowest BCUT2D eigenvalue weighted by molar-refractivity contribution is -0.137. The molecule has 176 valence electrons. The highest BCUT2D eigenvalue weighted by Gasteiger charge is 2.68. The first-order chi connectivity index (χ1) is 15.3. The van der Waals surface area contributed by atoms with E-state index in [2.05, 4.69) is 31.0 Å². The lowest BCUT2D eigenvalue weighted by atomic mass is 9.58. The Morgan fingerprint density at radius 1 is 1.31 bits per heavy atom. The second-order valence-corrected chi connectivity index (χ2v) is 11.2. The third-order valence-corrected chi connectivity index (χ3v) is 9.24. The Kier molecular flexibility index (Phi) is 5.52. The average Bonchev–Trinajstić information content (AvgIpc) is 3.45. The van der Waals surface area contributed by atoms with Gasteiger partial charge in [0.25, 0.3) is 0 Å². The van der Waals surface area contributed by atoms with E-state index < -0.39 is 0 Å². The van der Waals surface area contributed by atoms with E-state index in [0.29, 0.717) is 12.5 Å². The van der Waals surface area contributed by atoms with Crippen LogP contribution in [0.1, 0.15) is 69.6 Å². The Labute approximate surface area is 190 Å². The quantitative estimate of drug-likeness (QED) is 0.717. The Bertz CT molecular complexity index is 897. The first kappa shape index (κ1) is 22.1. The van der Waals surface area contributed by atoms with Gasteiger partial charge in [-0.05, 0) is 85.0 Å². The number of hydrogen-bond acceptors (Lipinski definition) is 4. The number of amides is 1. The summed E-state index contributed by atoms with van der Waals surface area (Å²) in [5.41, 5.74) is 2.76. The van der Waals surface area contributed by atoms with Crippen LogP contribution in [0.25, 0.3) is 0 Å². The van der Waals surface area contributed by atoms with Gasteiger partial charge in [0.2, 0.25) is 5.91 Å². The third-order valence-electron chi connectivity index (χ3n) is 9.24. The number of aryl methyl sites for hydroxylation is 1. The number of rotatable bonds is 5. The van der Waals surface area contributed by atoms with Gasteiger partial charge in [-0.15, -0.1) is 0 Å². The number of fused-ring (bicyclic) bond motifs is 1. The SMILES string of the molecule is Cc1cc(N2CCCC2)c(F)cc1[C@H]1OCCC23C[C@@H](C[C@H]12)C(C)(C)[C@@H]3NC(=O)CCO. The fraction of sp³-hybridized carbons (Fsp3) is 0.731. The van der Waals surface area contributed by atoms with Crippen molar-refractivity contribution < 1.29 is 19.0 Å². The summed E-state index contributed by atoms with van der Waals surface area (Å²) >= 11 is 0. The summed E-state index contributed by atoms with van der Waals surface area (Å²) in [4.78, 5) is 14.6. The second-order valence-electron chi connectivity index (χ2n) is 11.2. The number of nitrogens with zero attached hydrogens (tertiary/aromatic N) is 1. The van der Waals surface area contributed by atoms with Crippen LogP contribution < -0.4 is 10.2 Å². The maximum atomic E-state index is 15.2. The number of carbonyl (C=O) groups is 1. The Morgan fingerprint density at radius 2 is 2.06 bits per heavy atom. The molecule has 2 aliphatic carbocycles. The smallest absolute Gasteiger partial charge is 0.222 e. The normalized spacial score (nSPS) is 35.2. The molecule has 6 heteroatoms. The molecule has 1 aromatic rings. The standard InChI is InChI=1S/C26H37FN2O3/c1-16-12-21(29-8-4-5-9-29)20(27)14-18(16)23-19-13-17-15-26(19,7-11-32-23)24(25(17,2)3)28-22(31)6-10-30/h12,14,17,19,23-24,30H,4-11,13,15H2,1-3H3,(H,28,31)/t17-,19-,23-,24+,26?/m1/s1. The molecule has 2 heterocycles. The van der Waals surface area contributed by atoms with Crippen LogP contribution in [0.4, 0.5) is 10.1 Å². The zero-order valence-corrected chi connectivity index (χ0v) is 19.6. The van der Waals surface area contributed by atoms with Crippen LogP contribution in [0, 0.1) is 35.4 Å². The highest BCUT2D eigenvalue weighted by molar-refractivity contribution is 5.76. The summed E-state index contributed by atoms with van der Waals surface area (Å²) in [7, 11) is 0. The molecule has 1 unspecified atom stereocenters. The van der Waals surface area contributed by atoms with E-state index >= 15 is 4.39 Å². The molecule has 1 spiro atoms. The minimum absolute atomic E-state index is 0.00338. The van der Waals surface area contributed by atoms with Crippen LogP contribution in [-0.4, -0.2) is 43.4 Å². The largest absolute Gasteiger partial charge is 0.396 e. The highest BCUT2D eigenvalue weighted by atomic mass is 19.1. The van der Waals surface area contributed by atoms with Gasteiger partial charge >= 0.3 is 0 Å². The zero-order chi connectivity index (χ0) is 22.7. The van der Waals surface area contributed by atoms with Crippen molar-refractivity contribution in [3.05, 3.63) is 29.1 Å². The number of aliphatic hydroxyl groups is 1. The lowest BCUT2D eigenvalue weighted by Gasteiger charge is -2.53. The summed E-state index contributed by atoms with van der Waals surface area (Å²) in [6.45, 7) is 8.97. The fourth-order valence-corrected chi connectivity index (χ4v) is 7.62. The summed E-state index contributed by atoms with van der Waals surface area (Å²) in [5.74, 6) is 0.549. The summed E-state index contributed by atoms with van der Waals surface area (Å²) in [6.07, 6.45) is 5.31. The zero-order valence-electron chi connectivity index (χ0n) is 19.6. The van der Waals surface area contributed by atoms with Gasteiger partial charge in [-0.2, -0.15) is 0 Å². The van der Waals surface area contributed by atoms with E-state index in [1.54, 1.807) is 6.07 Å². The summed E-state index contributed by atoms with van der Waals surface area (Å²) in [5, 5.41) is 12.5. The molecule has 5 atom stereocenters. The molecule has 5 nitrogen and oxygen atoms in total. The van der Waals surface area contributed by atoms with Crippen LogP contribution in [0.15, 0.2) is 12.1 Å². The Hall–Kier alpha value is -1.66. The van der Waals surface area contributed by atoms with Crippen LogP contribution in [0.5, 0.6) is 0 Å². The van der Waals surface area contributed by atoms with Crippen molar-refractivity contribution in [2.45, 2.75) is 71.4 Å². The van der Waals surface area contributed by atoms with Crippen molar-refractivity contribution in [2.75, 3.05) is 31.2 Å². The highest BCUT2D eigenvalue weighted by Crippen LogP contribution is 2.70. The van der Waals surface area contributed by atoms with Crippen molar-refractivity contribution in [3.8, 4) is 0 Å². The molecule has 2 bridgehead atoms. The number of nitrogens with one attached hydrogen (secondary N) is 1. The maximum Gasteiger partial charge on any atom is 0.222 e. The van der Waals surface area contributed by atoms with E-state index in [1.165, 1.54) is 0 Å². The van der Waals surface area contributed by atoms with Crippen molar-refractivity contribution in [3.63, 3.8) is 0 Å². The molecule has 0 radical (unpaired) electrons. The van der Waals surface area contributed by atoms with Gasteiger partial charge in [0.05, 0.1) is 18.4 Å². The van der Waals surface area contributed by atoms with Gasteiger partial charge in [-0.1, -0.05) is 13.8 Å². The molecule has 1 amide bonds. The molecule has 5 rings (SSSR count). The summed E-state index contributed by atoms with van der Waals surface area (Å²) in [6, 6.07) is 3.79. The van der Waals surface area contributed by atoms with E-state index in [-0.39, 0.29) is 53.6 Å². The number of ether oxygens (including phenoxy) is 1. The third kappa shape index (κ3) is 3.28. The van der Waals surface area contributed by atoms with E-state index in [0.717, 1.165) is 62.0 Å². The Balaban J connectivity index is 1.47. The van der Waals surface area contributed by atoms with Crippen LogP contribution >= 0.6 is 0 Å². The van der Waals surface area contributed by atoms with Crippen molar-refractivity contribution in [1.82, 2.24) is 5.32 Å². The number of aliphatic hydroxyl groups excluding tert-OH is 1. The van der Waals surface area contributed by atoms with Gasteiger partial charge in [0.15, 0.2) is 0 Å². The molecule has 2 aliphatic heterocycles. The monoisotopic (exact) mass is 444 g/mol. The van der Waals surface area contributed by atoms with Crippen LogP contribution in [-0.2, 0) is 9.53 Å². The average molecular weight is 445 g/mol. The molecule has 2 saturated heterocycles. The minimum Gasteiger partial charge on any atom is -0.396 e. The van der Waals surface area contributed by atoms with Crippen LogP contribution in [0.3, 0.4) is 0 Å². The molecule has 1 aromatic carbocycles. The predicted molar refractivity (Wildman–Crippen MR) is 122 cm³/mol. The molecule has 4 fully saturated rings. The fourth-order valence-electron chi connectivity index (χ4n) is 7.62.